The molecule has 0 saturated heterocycles. The summed E-state index contributed by atoms with van der Waals surface area (Å²) in [5.74, 6) is -1.13. The second kappa shape index (κ2) is 21.7. The summed E-state index contributed by atoms with van der Waals surface area (Å²) in [6.45, 7) is 2.27. The Balaban J connectivity index is 0.00000961. The Bertz CT molecular complexity index is 580. The molecule has 0 bridgehead atoms. The van der Waals surface area contributed by atoms with Crippen LogP contribution in [0, 0.1) is 0 Å². The smallest absolute Gasteiger partial charge is 0.326 e. The number of rotatable bonds is 20. The van der Waals surface area contributed by atoms with E-state index >= 15 is 0 Å². The molecule has 32 heavy (non-hydrogen) atoms. The number of nitrogens with one attached hydrogen (secondary N) is 1. The molecule has 1 aromatic rings. The maximum absolute atomic E-state index is 12.1. The minimum absolute atomic E-state index is 0. The standard InChI is InChI=1S/C27H45NO3.Ag/c1-2-3-4-5-6-7-8-9-10-11-12-13-14-15-19-22-26(29)28-25(27(30)31)23-24-20-17-16-18-21-24;/h16-18,20-21,25H,2-15,19,22-23H2,1H3,(H,28,29)(H,30,31);/t25-;/m0./s1. The van der Waals surface area contributed by atoms with E-state index in [0.717, 1.165) is 24.8 Å². The van der Waals surface area contributed by atoms with E-state index in [1.54, 1.807) is 0 Å². The van der Waals surface area contributed by atoms with Crippen LogP contribution in [0.3, 0.4) is 0 Å². The Morgan fingerprint density at radius 2 is 1.19 bits per heavy atom. The topological polar surface area (TPSA) is 66.4 Å². The number of hydrogen-bond donors (Lipinski definition) is 2. The molecular weight excluding hydrogens is 494 g/mol. The van der Waals surface area contributed by atoms with Gasteiger partial charge in [-0.05, 0) is 12.0 Å². The number of carboxylic acid groups (broad SMARTS) is 1. The molecule has 5 heteroatoms. The minimum atomic E-state index is -0.978. The van der Waals surface area contributed by atoms with Crippen LogP contribution in [0.5, 0.6) is 0 Å². The van der Waals surface area contributed by atoms with Crippen LogP contribution < -0.4 is 5.32 Å². The Morgan fingerprint density at radius 1 is 0.750 bits per heavy atom. The third-order valence-electron chi connectivity index (χ3n) is 5.92. The SMILES string of the molecule is CCCCCCCCCCCCCCCCCC(=O)N[C@@H](Cc1ccccc1)C(=O)O.[Ag]. The summed E-state index contributed by atoms with van der Waals surface area (Å²) in [5, 5.41) is 12.0. The molecule has 1 rings (SSSR count). The Morgan fingerprint density at radius 3 is 1.62 bits per heavy atom. The van der Waals surface area contributed by atoms with E-state index in [2.05, 4.69) is 12.2 Å². The largest absolute Gasteiger partial charge is 0.480 e. The number of carbonyl (C=O) groups is 2. The van der Waals surface area contributed by atoms with Crippen LogP contribution in [-0.4, -0.2) is 23.0 Å². The van der Waals surface area contributed by atoms with Gasteiger partial charge in [-0.3, -0.25) is 4.79 Å². The second-order valence-electron chi connectivity index (χ2n) is 8.85. The normalized spacial score (nSPS) is 11.5. The predicted octanol–water partition coefficient (Wildman–Crippen LogP) is 7.06. The van der Waals surface area contributed by atoms with Gasteiger partial charge >= 0.3 is 5.97 Å². The third kappa shape index (κ3) is 17.5. The molecule has 1 amide bonds. The summed E-state index contributed by atoms with van der Waals surface area (Å²) in [5.41, 5.74) is 0.919. The molecule has 1 atom stereocenters. The molecule has 4 nitrogen and oxygen atoms in total. The van der Waals surface area contributed by atoms with Crippen molar-refractivity contribution in [2.45, 2.75) is 122 Å². The number of carboxylic acids is 1. The second-order valence-corrected chi connectivity index (χ2v) is 8.85. The molecule has 0 spiro atoms. The van der Waals surface area contributed by atoms with Crippen molar-refractivity contribution in [3.8, 4) is 0 Å². The first-order valence-electron chi connectivity index (χ1n) is 12.7. The van der Waals surface area contributed by atoms with Crippen molar-refractivity contribution in [2.24, 2.45) is 0 Å². The van der Waals surface area contributed by atoms with E-state index in [1.807, 2.05) is 30.3 Å². The van der Waals surface area contributed by atoms with E-state index < -0.39 is 12.0 Å². The monoisotopic (exact) mass is 538 g/mol. The molecule has 0 aromatic heterocycles. The molecule has 0 heterocycles. The van der Waals surface area contributed by atoms with Crippen molar-refractivity contribution < 1.29 is 37.1 Å². The molecule has 0 saturated carbocycles. The Hall–Kier alpha value is -1.10. The quantitative estimate of drug-likeness (QED) is 0.138. The van der Waals surface area contributed by atoms with E-state index in [-0.39, 0.29) is 28.3 Å². The van der Waals surface area contributed by atoms with Crippen molar-refractivity contribution in [3.05, 3.63) is 35.9 Å². The van der Waals surface area contributed by atoms with Gasteiger partial charge in [0.25, 0.3) is 0 Å². The molecule has 1 radical (unpaired) electrons. The Kier molecular flexibility index (Phi) is 21.0. The number of hydrogen-bond acceptors (Lipinski definition) is 2. The van der Waals surface area contributed by atoms with E-state index in [9.17, 15) is 14.7 Å². The molecule has 1 aromatic carbocycles. The Labute approximate surface area is 211 Å². The summed E-state index contributed by atoms with van der Waals surface area (Å²) in [4.78, 5) is 23.5. The zero-order chi connectivity index (χ0) is 22.6. The molecular formula is C27H45AgNO3. The van der Waals surface area contributed by atoms with Crippen LogP contribution in [0.1, 0.15) is 115 Å². The summed E-state index contributed by atoms with van der Waals surface area (Å²) in [6, 6.07) is 8.57. The maximum Gasteiger partial charge on any atom is 0.326 e. The van der Waals surface area contributed by atoms with E-state index in [1.165, 1.54) is 77.0 Å². The predicted molar refractivity (Wildman–Crippen MR) is 129 cm³/mol. The number of aliphatic carboxylic acids is 1. The number of carbonyl (C=O) groups excluding carboxylic acids is 1. The van der Waals surface area contributed by atoms with Crippen molar-refractivity contribution in [2.75, 3.05) is 0 Å². The van der Waals surface area contributed by atoms with Gasteiger partial charge in [0.1, 0.15) is 6.04 Å². The fourth-order valence-corrected chi connectivity index (χ4v) is 3.97. The fraction of sp³-hybridized carbons (Fsp3) is 0.704. The van der Waals surface area contributed by atoms with E-state index in [4.69, 9.17) is 0 Å². The van der Waals surface area contributed by atoms with Crippen LogP contribution in [-0.2, 0) is 38.4 Å². The first-order chi connectivity index (χ1) is 15.1. The zero-order valence-corrected chi connectivity index (χ0v) is 21.5. The van der Waals surface area contributed by atoms with Crippen LogP contribution in [0.4, 0.5) is 0 Å². The van der Waals surface area contributed by atoms with Gasteiger partial charge in [0.2, 0.25) is 5.91 Å². The summed E-state index contributed by atoms with van der Waals surface area (Å²) < 4.78 is 0. The van der Waals surface area contributed by atoms with Gasteiger partial charge in [0, 0.05) is 35.2 Å². The molecule has 0 aliphatic carbocycles. The zero-order valence-electron chi connectivity index (χ0n) is 20.1. The minimum Gasteiger partial charge on any atom is -0.480 e. The van der Waals surface area contributed by atoms with Gasteiger partial charge in [-0.2, -0.15) is 0 Å². The summed E-state index contributed by atoms with van der Waals surface area (Å²) in [7, 11) is 0. The first-order valence-corrected chi connectivity index (χ1v) is 12.7. The van der Waals surface area contributed by atoms with Crippen molar-refractivity contribution >= 4 is 11.9 Å². The van der Waals surface area contributed by atoms with Crippen LogP contribution in [0.2, 0.25) is 0 Å². The molecule has 0 fully saturated rings. The van der Waals surface area contributed by atoms with Crippen LogP contribution >= 0.6 is 0 Å². The van der Waals surface area contributed by atoms with Gasteiger partial charge in [-0.1, -0.05) is 127 Å². The van der Waals surface area contributed by atoms with Gasteiger partial charge < -0.3 is 10.4 Å². The molecule has 187 valence electrons. The molecule has 0 unspecified atom stereocenters. The number of unbranched alkanes of at least 4 members (excludes halogenated alkanes) is 14. The molecule has 0 aliphatic rings. The average molecular weight is 540 g/mol. The van der Waals surface area contributed by atoms with Gasteiger partial charge in [0.15, 0.2) is 0 Å². The van der Waals surface area contributed by atoms with Gasteiger partial charge in [-0.15, -0.1) is 0 Å². The maximum atomic E-state index is 12.1. The van der Waals surface area contributed by atoms with E-state index in [0.29, 0.717) is 12.8 Å². The van der Waals surface area contributed by atoms with Crippen LogP contribution in [0.15, 0.2) is 30.3 Å². The molecule has 2 N–H and O–H groups in total. The third-order valence-corrected chi connectivity index (χ3v) is 5.92. The fourth-order valence-electron chi connectivity index (χ4n) is 3.97. The average Bonchev–Trinajstić information content (AvgIpc) is 2.76. The molecule has 0 aliphatic heterocycles. The van der Waals surface area contributed by atoms with Crippen molar-refractivity contribution in [3.63, 3.8) is 0 Å². The number of benzene rings is 1. The van der Waals surface area contributed by atoms with Gasteiger partial charge in [0.05, 0.1) is 0 Å². The van der Waals surface area contributed by atoms with Crippen LogP contribution in [0.25, 0.3) is 0 Å². The first kappa shape index (κ1) is 30.9. The van der Waals surface area contributed by atoms with Crippen molar-refractivity contribution in [1.82, 2.24) is 5.32 Å². The van der Waals surface area contributed by atoms with Crippen molar-refractivity contribution in [1.29, 1.82) is 0 Å². The van der Waals surface area contributed by atoms with Gasteiger partial charge in [-0.25, -0.2) is 4.79 Å². The summed E-state index contributed by atoms with van der Waals surface area (Å²) >= 11 is 0. The number of amides is 1. The summed E-state index contributed by atoms with van der Waals surface area (Å²) in [6.07, 6.45) is 20.1.